The van der Waals surface area contributed by atoms with Crippen LogP contribution in [0.25, 0.3) is 11.2 Å². The van der Waals surface area contributed by atoms with Gasteiger partial charge in [-0.2, -0.15) is 0 Å². The van der Waals surface area contributed by atoms with Gasteiger partial charge in [-0.3, -0.25) is 0 Å². The number of hydrogen-bond acceptors (Lipinski definition) is 6. The Morgan fingerprint density at radius 1 is 1.24 bits per heavy atom. The number of hydrogen-bond donors (Lipinski definition) is 0. The van der Waals surface area contributed by atoms with E-state index in [4.69, 9.17) is 9.15 Å². The molecule has 2 aromatic heterocycles. The molecule has 1 aromatic carbocycles. The lowest BCUT2D eigenvalue weighted by molar-refractivity contribution is 0.0594. The van der Waals surface area contributed by atoms with Gasteiger partial charge in [0.1, 0.15) is 11.3 Å². The minimum Gasteiger partial charge on any atom is -0.464 e. The van der Waals surface area contributed by atoms with E-state index in [1.165, 1.54) is 13.3 Å². The number of benzene rings is 1. The molecule has 0 unspecified atom stereocenters. The highest BCUT2D eigenvalue weighted by atomic mass is 16.5. The van der Waals surface area contributed by atoms with E-state index >= 15 is 0 Å². The van der Waals surface area contributed by atoms with Gasteiger partial charge in [0.2, 0.25) is 5.71 Å². The molecule has 0 saturated carbocycles. The molecule has 3 rings (SSSR count). The van der Waals surface area contributed by atoms with Gasteiger partial charge in [-0.05, 0) is 5.56 Å². The first-order chi connectivity index (χ1) is 12.0. The molecular formula is C19H20N2O4. The Labute approximate surface area is 145 Å². The van der Waals surface area contributed by atoms with E-state index in [2.05, 4.69) is 14.7 Å². The summed E-state index contributed by atoms with van der Waals surface area (Å²) >= 11 is 0. The van der Waals surface area contributed by atoms with Gasteiger partial charge in [0.25, 0.3) is 0 Å². The van der Waals surface area contributed by atoms with Crippen molar-refractivity contribution in [1.82, 2.24) is 9.97 Å². The fourth-order valence-corrected chi connectivity index (χ4v) is 2.43. The van der Waals surface area contributed by atoms with E-state index in [9.17, 15) is 4.79 Å². The SMILES string of the molecule is COC(=O)c1cnc2oc(C(C)(C)COCc3ccccc3)cc2n1. The Morgan fingerprint density at radius 3 is 2.72 bits per heavy atom. The van der Waals surface area contributed by atoms with Crippen LogP contribution in [0, 0.1) is 0 Å². The highest BCUT2D eigenvalue weighted by molar-refractivity contribution is 5.88. The summed E-state index contributed by atoms with van der Waals surface area (Å²) < 4.78 is 16.3. The molecule has 0 amide bonds. The van der Waals surface area contributed by atoms with Crippen LogP contribution in [0.3, 0.4) is 0 Å². The second-order valence-electron chi connectivity index (χ2n) is 6.41. The summed E-state index contributed by atoms with van der Waals surface area (Å²) in [6, 6.07) is 11.8. The van der Waals surface area contributed by atoms with E-state index in [-0.39, 0.29) is 11.1 Å². The third-order valence-corrected chi connectivity index (χ3v) is 3.87. The number of esters is 1. The lowest BCUT2D eigenvalue weighted by Crippen LogP contribution is -2.23. The van der Waals surface area contributed by atoms with Crippen molar-refractivity contribution in [1.29, 1.82) is 0 Å². The molecule has 0 saturated heterocycles. The number of furan rings is 1. The zero-order chi connectivity index (χ0) is 17.9. The smallest absolute Gasteiger partial charge is 0.358 e. The summed E-state index contributed by atoms with van der Waals surface area (Å²) in [5.74, 6) is 0.181. The van der Waals surface area contributed by atoms with Crippen LogP contribution in [-0.4, -0.2) is 29.7 Å². The van der Waals surface area contributed by atoms with Crippen LogP contribution in [0.15, 0.2) is 47.0 Å². The van der Waals surface area contributed by atoms with Crippen molar-refractivity contribution in [2.24, 2.45) is 0 Å². The van der Waals surface area contributed by atoms with E-state index < -0.39 is 5.97 Å². The number of ether oxygens (including phenoxy) is 2. The molecule has 2 heterocycles. The summed E-state index contributed by atoms with van der Waals surface area (Å²) in [5, 5.41) is 0. The van der Waals surface area contributed by atoms with Crippen molar-refractivity contribution in [2.45, 2.75) is 25.9 Å². The summed E-state index contributed by atoms with van der Waals surface area (Å²) in [5.41, 5.74) is 1.82. The number of methoxy groups -OCH3 is 1. The molecule has 0 N–H and O–H groups in total. The Morgan fingerprint density at radius 2 is 2.00 bits per heavy atom. The predicted molar refractivity (Wildman–Crippen MR) is 92.3 cm³/mol. The van der Waals surface area contributed by atoms with E-state index in [1.54, 1.807) is 6.07 Å². The lowest BCUT2D eigenvalue weighted by Gasteiger charge is -2.21. The monoisotopic (exact) mass is 340 g/mol. The molecule has 25 heavy (non-hydrogen) atoms. The van der Waals surface area contributed by atoms with Gasteiger partial charge in [-0.15, -0.1) is 0 Å². The molecule has 0 radical (unpaired) electrons. The van der Waals surface area contributed by atoms with Crippen LogP contribution in [0.1, 0.15) is 35.7 Å². The number of carbonyl (C=O) groups excluding carboxylic acids is 1. The maximum atomic E-state index is 11.6. The normalized spacial score (nSPS) is 11.6. The van der Waals surface area contributed by atoms with E-state index in [0.29, 0.717) is 30.2 Å². The third kappa shape index (κ3) is 3.85. The first kappa shape index (κ1) is 17.1. The second-order valence-corrected chi connectivity index (χ2v) is 6.41. The first-order valence-electron chi connectivity index (χ1n) is 7.96. The zero-order valence-electron chi connectivity index (χ0n) is 14.5. The Balaban J connectivity index is 1.73. The molecule has 0 aliphatic carbocycles. The van der Waals surface area contributed by atoms with Gasteiger partial charge in [0, 0.05) is 11.5 Å². The van der Waals surface area contributed by atoms with Crippen LogP contribution in [0.2, 0.25) is 0 Å². The maximum Gasteiger partial charge on any atom is 0.358 e. The van der Waals surface area contributed by atoms with Crippen molar-refractivity contribution in [3.8, 4) is 0 Å². The summed E-state index contributed by atoms with van der Waals surface area (Å²) in [4.78, 5) is 19.9. The van der Waals surface area contributed by atoms with Crippen molar-refractivity contribution in [3.05, 3.63) is 59.6 Å². The minimum atomic E-state index is -0.525. The predicted octanol–water partition coefficient (Wildman–Crippen LogP) is 3.50. The molecule has 130 valence electrons. The minimum absolute atomic E-state index is 0.153. The van der Waals surface area contributed by atoms with E-state index in [0.717, 1.165) is 5.56 Å². The van der Waals surface area contributed by atoms with Crippen LogP contribution in [0.5, 0.6) is 0 Å². The summed E-state index contributed by atoms with van der Waals surface area (Å²) in [7, 11) is 1.31. The molecule has 0 fully saturated rings. The molecule has 3 aromatic rings. The van der Waals surface area contributed by atoms with Crippen LogP contribution < -0.4 is 0 Å². The fourth-order valence-electron chi connectivity index (χ4n) is 2.43. The highest BCUT2D eigenvalue weighted by Crippen LogP contribution is 2.28. The topological polar surface area (TPSA) is 74.5 Å². The Kier molecular flexibility index (Phi) is 4.81. The van der Waals surface area contributed by atoms with Crippen molar-refractivity contribution >= 4 is 17.2 Å². The molecule has 0 aliphatic rings. The van der Waals surface area contributed by atoms with Gasteiger partial charge in [-0.25, -0.2) is 14.8 Å². The van der Waals surface area contributed by atoms with Crippen molar-refractivity contribution in [2.75, 3.05) is 13.7 Å². The molecular weight excluding hydrogens is 320 g/mol. The lowest BCUT2D eigenvalue weighted by atomic mass is 9.91. The number of carbonyl (C=O) groups is 1. The summed E-state index contributed by atoms with van der Waals surface area (Å²) in [6.45, 7) is 5.06. The molecule has 0 aliphatic heterocycles. The Hall–Kier alpha value is -2.73. The van der Waals surface area contributed by atoms with Crippen LogP contribution in [-0.2, 0) is 21.5 Å². The molecule has 6 nitrogen and oxygen atoms in total. The number of rotatable bonds is 6. The average molecular weight is 340 g/mol. The van der Waals surface area contributed by atoms with Crippen molar-refractivity contribution < 1.29 is 18.7 Å². The molecule has 0 atom stereocenters. The Bertz CT molecular complexity index is 872. The van der Waals surface area contributed by atoms with E-state index in [1.807, 2.05) is 44.2 Å². The number of nitrogens with zero attached hydrogens (tertiary/aromatic N) is 2. The largest absolute Gasteiger partial charge is 0.464 e. The van der Waals surface area contributed by atoms with Crippen molar-refractivity contribution in [3.63, 3.8) is 0 Å². The van der Waals surface area contributed by atoms with Gasteiger partial charge in [-0.1, -0.05) is 44.2 Å². The van der Waals surface area contributed by atoms with Gasteiger partial charge in [0.15, 0.2) is 5.69 Å². The third-order valence-electron chi connectivity index (χ3n) is 3.87. The molecule has 0 spiro atoms. The average Bonchev–Trinajstić information content (AvgIpc) is 3.06. The standard InChI is InChI=1S/C19H20N2O4/c1-19(2,12-24-11-13-7-5-4-6-8-13)16-9-14-17(25-16)20-10-15(21-14)18(22)23-3/h4-10H,11-12H2,1-3H3. The van der Waals surface area contributed by atoms with Crippen LogP contribution in [0.4, 0.5) is 0 Å². The molecule has 0 bridgehead atoms. The van der Waals surface area contributed by atoms with Gasteiger partial charge < -0.3 is 13.9 Å². The van der Waals surface area contributed by atoms with Crippen LogP contribution >= 0.6 is 0 Å². The quantitative estimate of drug-likeness (QED) is 0.639. The maximum absolute atomic E-state index is 11.6. The number of fused-ring (bicyclic) bond motifs is 1. The van der Waals surface area contributed by atoms with Gasteiger partial charge in [0.05, 0.1) is 26.5 Å². The zero-order valence-corrected chi connectivity index (χ0v) is 14.5. The highest BCUT2D eigenvalue weighted by Gasteiger charge is 2.26. The number of aromatic nitrogens is 2. The van der Waals surface area contributed by atoms with Gasteiger partial charge >= 0.3 is 5.97 Å². The first-order valence-corrected chi connectivity index (χ1v) is 7.96. The fraction of sp³-hybridized carbons (Fsp3) is 0.316. The summed E-state index contributed by atoms with van der Waals surface area (Å²) in [6.07, 6.45) is 1.35. The molecule has 6 heteroatoms. The second kappa shape index (κ2) is 7.03.